The highest BCUT2D eigenvalue weighted by Crippen LogP contribution is 2.59. The maximum Gasteiger partial charge on any atom is 0.403 e. The van der Waals surface area contributed by atoms with Crippen LogP contribution >= 0.6 is 11.8 Å². The van der Waals surface area contributed by atoms with E-state index in [9.17, 15) is 35.2 Å². The number of ether oxygens (including phenoxy) is 1. The standard InChI is InChI=1S/C23H26F5N3O4S2/c1-22(23(26,27)28)12-16(15-7-8-17(24)18(25)19(15)35-3)20(36-22)21(32)30-13-5-4-6-14(11-13)31-37(33,34)10-9-29-2/h4-8,11,16,20,29,31H,9-10,12H2,1-3H3,(H,30,32)/t16-,20+,22+/m0/s1. The lowest BCUT2D eigenvalue weighted by atomic mass is 9.85. The van der Waals surface area contributed by atoms with Crippen LogP contribution in [0.2, 0.25) is 0 Å². The minimum Gasteiger partial charge on any atom is -0.493 e. The number of benzene rings is 2. The van der Waals surface area contributed by atoms with Crippen molar-refractivity contribution in [2.75, 3.05) is 36.5 Å². The molecule has 0 saturated carbocycles. The quantitative estimate of drug-likeness (QED) is 0.387. The van der Waals surface area contributed by atoms with E-state index in [4.69, 9.17) is 4.74 Å². The van der Waals surface area contributed by atoms with Crippen molar-refractivity contribution in [1.82, 2.24) is 5.32 Å². The molecule has 2 aromatic rings. The molecule has 1 saturated heterocycles. The number of hydrogen-bond acceptors (Lipinski definition) is 6. The van der Waals surface area contributed by atoms with Crippen LogP contribution in [0.15, 0.2) is 36.4 Å². The normalized spacial score (nSPS) is 22.1. The summed E-state index contributed by atoms with van der Waals surface area (Å²) in [7, 11) is -1.03. The number of alkyl halides is 3. The van der Waals surface area contributed by atoms with Crippen LogP contribution in [0, 0.1) is 11.6 Å². The molecule has 37 heavy (non-hydrogen) atoms. The van der Waals surface area contributed by atoms with Crippen molar-refractivity contribution in [2.24, 2.45) is 0 Å². The lowest BCUT2D eigenvalue weighted by Gasteiger charge is -2.26. The van der Waals surface area contributed by atoms with Gasteiger partial charge in [0.25, 0.3) is 0 Å². The van der Waals surface area contributed by atoms with Gasteiger partial charge in [-0.1, -0.05) is 12.1 Å². The third-order valence-corrected chi connectivity index (χ3v) is 8.93. The molecule has 1 heterocycles. The third-order valence-electron chi connectivity index (χ3n) is 5.93. The van der Waals surface area contributed by atoms with Crippen molar-refractivity contribution in [1.29, 1.82) is 0 Å². The maximum atomic E-state index is 14.4. The fourth-order valence-corrected chi connectivity index (χ4v) is 6.62. The summed E-state index contributed by atoms with van der Waals surface area (Å²) < 4.78 is 99.3. The van der Waals surface area contributed by atoms with Crippen molar-refractivity contribution in [3.05, 3.63) is 53.6 Å². The first-order valence-electron chi connectivity index (χ1n) is 11.0. The van der Waals surface area contributed by atoms with Gasteiger partial charge in [-0.25, -0.2) is 12.8 Å². The van der Waals surface area contributed by atoms with E-state index in [2.05, 4.69) is 15.4 Å². The molecule has 3 N–H and O–H groups in total. The van der Waals surface area contributed by atoms with Crippen LogP contribution in [-0.2, 0) is 14.8 Å². The summed E-state index contributed by atoms with van der Waals surface area (Å²) in [5, 5.41) is 3.89. The van der Waals surface area contributed by atoms with E-state index in [1.165, 1.54) is 24.3 Å². The van der Waals surface area contributed by atoms with Crippen molar-refractivity contribution in [3.63, 3.8) is 0 Å². The first-order chi connectivity index (χ1) is 17.2. The molecule has 0 radical (unpaired) electrons. The highest BCUT2D eigenvalue weighted by molar-refractivity contribution is 8.02. The predicted molar refractivity (Wildman–Crippen MR) is 133 cm³/mol. The van der Waals surface area contributed by atoms with Crippen LogP contribution in [0.4, 0.5) is 33.3 Å². The first-order valence-corrected chi connectivity index (χ1v) is 13.6. The number of halogens is 5. The van der Waals surface area contributed by atoms with E-state index in [1.807, 2.05) is 0 Å². The summed E-state index contributed by atoms with van der Waals surface area (Å²) >= 11 is 0.375. The van der Waals surface area contributed by atoms with Gasteiger partial charge in [-0.3, -0.25) is 9.52 Å². The monoisotopic (exact) mass is 567 g/mol. The number of carbonyl (C=O) groups is 1. The van der Waals surface area contributed by atoms with Crippen molar-refractivity contribution < 1.29 is 39.9 Å². The molecule has 0 unspecified atom stereocenters. The van der Waals surface area contributed by atoms with Crippen molar-refractivity contribution >= 4 is 39.1 Å². The molecular weight excluding hydrogens is 541 g/mol. The van der Waals surface area contributed by atoms with E-state index in [0.29, 0.717) is 11.8 Å². The summed E-state index contributed by atoms with van der Waals surface area (Å²) in [4.78, 5) is 13.2. The van der Waals surface area contributed by atoms with Crippen LogP contribution in [-0.4, -0.2) is 57.0 Å². The topological polar surface area (TPSA) is 96.5 Å². The van der Waals surface area contributed by atoms with Gasteiger partial charge in [0.15, 0.2) is 11.6 Å². The molecule has 1 amide bonds. The number of rotatable bonds is 9. The van der Waals surface area contributed by atoms with E-state index in [-0.39, 0.29) is 29.2 Å². The van der Waals surface area contributed by atoms with Gasteiger partial charge in [0.05, 0.1) is 23.8 Å². The van der Waals surface area contributed by atoms with Crippen LogP contribution < -0.4 is 20.1 Å². The van der Waals surface area contributed by atoms with E-state index >= 15 is 0 Å². The zero-order chi connectivity index (χ0) is 27.6. The summed E-state index contributed by atoms with van der Waals surface area (Å²) in [5.74, 6) is -5.34. The Balaban J connectivity index is 1.92. The molecule has 1 aliphatic rings. The number of thioether (sulfide) groups is 1. The van der Waals surface area contributed by atoms with E-state index in [0.717, 1.165) is 26.2 Å². The first kappa shape index (κ1) is 29.0. The Bertz CT molecular complexity index is 1260. The number of sulfonamides is 1. The van der Waals surface area contributed by atoms with Gasteiger partial charge in [-0.05, 0) is 44.7 Å². The molecule has 3 rings (SSSR count). The summed E-state index contributed by atoms with van der Waals surface area (Å²) in [5.41, 5.74) is 0.219. The molecule has 7 nitrogen and oxygen atoms in total. The van der Waals surface area contributed by atoms with Gasteiger partial charge in [0.2, 0.25) is 21.7 Å². The number of anilines is 2. The molecule has 0 aliphatic carbocycles. The molecule has 0 spiro atoms. The second kappa shape index (κ2) is 11.0. The summed E-state index contributed by atoms with van der Waals surface area (Å²) in [6, 6.07) is 7.57. The molecule has 0 aromatic heterocycles. The third kappa shape index (κ3) is 6.47. The second-order valence-corrected chi connectivity index (χ2v) is 12.1. The summed E-state index contributed by atoms with van der Waals surface area (Å²) in [6.07, 6.45) is -5.27. The fourth-order valence-electron chi connectivity index (χ4n) is 4.02. The molecule has 14 heteroatoms. The minimum absolute atomic E-state index is 0.0620. The summed E-state index contributed by atoms with van der Waals surface area (Å²) in [6.45, 7) is 1.16. The van der Waals surface area contributed by atoms with Gasteiger partial charge < -0.3 is 15.4 Å². The molecule has 2 aromatic carbocycles. The van der Waals surface area contributed by atoms with E-state index in [1.54, 1.807) is 7.05 Å². The SMILES string of the molecule is CNCCS(=O)(=O)Nc1cccc(NC(=O)[C@@H]2S[C@@](C)(C(F)(F)F)C[C@H]2c2ccc(F)c(F)c2OC)c1. The highest BCUT2D eigenvalue weighted by Gasteiger charge is 2.60. The largest absolute Gasteiger partial charge is 0.493 e. The molecule has 3 atom stereocenters. The predicted octanol–water partition coefficient (Wildman–Crippen LogP) is 4.48. The minimum atomic E-state index is -4.69. The number of hydrogen-bond donors (Lipinski definition) is 3. The average Bonchev–Trinajstić information content (AvgIpc) is 3.18. The Morgan fingerprint density at radius 3 is 2.49 bits per heavy atom. The zero-order valence-corrected chi connectivity index (χ0v) is 21.7. The molecular formula is C23H26F5N3O4S2. The Morgan fingerprint density at radius 1 is 1.19 bits per heavy atom. The zero-order valence-electron chi connectivity index (χ0n) is 20.1. The van der Waals surface area contributed by atoms with Crippen LogP contribution in [0.3, 0.4) is 0 Å². The highest BCUT2D eigenvalue weighted by atomic mass is 32.2. The van der Waals surface area contributed by atoms with E-state index < -0.39 is 61.8 Å². The lowest BCUT2D eigenvalue weighted by Crippen LogP contribution is -2.37. The maximum absolute atomic E-state index is 14.4. The van der Waals surface area contributed by atoms with Crippen LogP contribution in [0.5, 0.6) is 5.75 Å². The van der Waals surface area contributed by atoms with Crippen molar-refractivity contribution in [3.8, 4) is 5.75 Å². The Morgan fingerprint density at radius 2 is 1.86 bits per heavy atom. The van der Waals surface area contributed by atoms with Gasteiger partial charge in [0, 0.05) is 23.7 Å². The van der Waals surface area contributed by atoms with Gasteiger partial charge >= 0.3 is 6.18 Å². The number of methoxy groups -OCH3 is 1. The van der Waals surface area contributed by atoms with Crippen LogP contribution in [0.1, 0.15) is 24.8 Å². The van der Waals surface area contributed by atoms with Gasteiger partial charge in [-0.15, -0.1) is 11.8 Å². The molecule has 1 fully saturated rings. The van der Waals surface area contributed by atoms with Gasteiger partial charge in [-0.2, -0.15) is 17.6 Å². The number of nitrogens with one attached hydrogen (secondary N) is 3. The molecule has 0 bridgehead atoms. The molecule has 204 valence electrons. The Labute approximate surface area is 215 Å². The number of amides is 1. The van der Waals surface area contributed by atoms with Crippen molar-refractivity contribution in [2.45, 2.75) is 35.4 Å². The Kier molecular flexibility index (Phi) is 8.64. The van der Waals surface area contributed by atoms with Gasteiger partial charge in [0.1, 0.15) is 4.75 Å². The smallest absolute Gasteiger partial charge is 0.403 e. The Hall–Kier alpha value is -2.58. The fraction of sp³-hybridized carbons (Fsp3) is 0.435. The average molecular weight is 568 g/mol. The second-order valence-electron chi connectivity index (χ2n) is 8.66. The van der Waals surface area contributed by atoms with Crippen LogP contribution in [0.25, 0.3) is 0 Å². The lowest BCUT2D eigenvalue weighted by molar-refractivity contribution is -0.155. The number of carbonyl (C=O) groups excluding carboxylic acids is 1. The molecule has 1 aliphatic heterocycles.